The topological polar surface area (TPSA) is 95.6 Å². The molecule has 1 fully saturated rings. The Morgan fingerprint density at radius 3 is 2.53 bits per heavy atom. The largest absolute Gasteiger partial charge is 0.348 e. The average molecular weight is 470 g/mol. The predicted octanol–water partition coefficient (Wildman–Crippen LogP) is 3.28. The van der Waals surface area contributed by atoms with Crippen molar-refractivity contribution in [3.63, 3.8) is 0 Å². The van der Waals surface area contributed by atoms with E-state index in [0.717, 1.165) is 22.5 Å². The van der Waals surface area contributed by atoms with Crippen molar-refractivity contribution in [3.8, 4) is 0 Å². The van der Waals surface area contributed by atoms with Crippen molar-refractivity contribution < 1.29 is 18.0 Å². The standard InChI is InChI=1S/C23H23N3O4S2/c27-22-7-2-12-26(22)19-5-1-4-17(14-19)15-24-23(28)18-8-10-21(11-9-18)32(29,30)25-16-20-6-3-13-31-20/h1,3-6,8-11,13-14,25H,2,7,12,15-16H2,(H,24,28). The number of nitrogens with zero attached hydrogens (tertiary/aromatic N) is 1. The molecule has 0 bridgehead atoms. The number of hydrogen-bond donors (Lipinski definition) is 2. The van der Waals surface area contributed by atoms with Gasteiger partial charge in [-0.2, -0.15) is 0 Å². The van der Waals surface area contributed by atoms with E-state index in [2.05, 4.69) is 10.0 Å². The lowest BCUT2D eigenvalue weighted by Gasteiger charge is -2.16. The zero-order chi connectivity index (χ0) is 22.6. The van der Waals surface area contributed by atoms with Gasteiger partial charge in [-0.1, -0.05) is 18.2 Å². The van der Waals surface area contributed by atoms with Crippen molar-refractivity contribution >= 4 is 38.9 Å². The minimum absolute atomic E-state index is 0.105. The van der Waals surface area contributed by atoms with Gasteiger partial charge in [0.05, 0.1) is 4.90 Å². The highest BCUT2D eigenvalue weighted by atomic mass is 32.2. The lowest BCUT2D eigenvalue weighted by atomic mass is 10.1. The Bertz CT molecular complexity index is 1210. The highest BCUT2D eigenvalue weighted by molar-refractivity contribution is 7.89. The Kier molecular flexibility index (Phi) is 6.69. The number of carbonyl (C=O) groups excluding carboxylic acids is 2. The third kappa shape index (κ3) is 5.24. The molecule has 4 rings (SSSR count). The monoisotopic (exact) mass is 469 g/mol. The molecule has 2 N–H and O–H groups in total. The van der Waals surface area contributed by atoms with E-state index < -0.39 is 10.0 Å². The number of anilines is 1. The number of sulfonamides is 1. The molecule has 0 spiro atoms. The van der Waals surface area contributed by atoms with E-state index >= 15 is 0 Å². The van der Waals surface area contributed by atoms with E-state index in [9.17, 15) is 18.0 Å². The molecule has 2 amide bonds. The molecule has 0 radical (unpaired) electrons. The zero-order valence-electron chi connectivity index (χ0n) is 17.3. The summed E-state index contributed by atoms with van der Waals surface area (Å²) in [6.07, 6.45) is 1.42. The van der Waals surface area contributed by atoms with Crippen molar-refractivity contribution in [2.45, 2.75) is 30.8 Å². The molecular formula is C23H23N3O4S2. The van der Waals surface area contributed by atoms with Crippen LogP contribution in [0, 0.1) is 0 Å². The third-order valence-electron chi connectivity index (χ3n) is 5.19. The molecule has 1 aromatic heterocycles. The number of thiophene rings is 1. The molecule has 0 aliphatic carbocycles. The lowest BCUT2D eigenvalue weighted by molar-refractivity contribution is -0.117. The van der Waals surface area contributed by atoms with Gasteiger partial charge in [0, 0.05) is 42.2 Å². The summed E-state index contributed by atoms with van der Waals surface area (Å²) >= 11 is 1.48. The Hall–Kier alpha value is -3.01. The molecule has 2 aromatic carbocycles. The van der Waals surface area contributed by atoms with Crippen LogP contribution in [0.2, 0.25) is 0 Å². The van der Waals surface area contributed by atoms with Crippen LogP contribution < -0.4 is 14.9 Å². The molecule has 1 aliphatic heterocycles. The summed E-state index contributed by atoms with van der Waals surface area (Å²) in [6.45, 7) is 1.24. The number of hydrogen-bond acceptors (Lipinski definition) is 5. The minimum Gasteiger partial charge on any atom is -0.348 e. The number of carbonyl (C=O) groups is 2. The Labute approximate surface area is 191 Å². The molecule has 1 aliphatic rings. The van der Waals surface area contributed by atoms with Crippen LogP contribution in [-0.4, -0.2) is 26.8 Å². The van der Waals surface area contributed by atoms with Crippen LogP contribution in [0.1, 0.15) is 33.6 Å². The van der Waals surface area contributed by atoms with Gasteiger partial charge in [0.15, 0.2) is 0 Å². The van der Waals surface area contributed by atoms with Crippen molar-refractivity contribution in [3.05, 3.63) is 82.0 Å². The van der Waals surface area contributed by atoms with Crippen LogP contribution in [0.15, 0.2) is 70.9 Å². The molecule has 0 unspecified atom stereocenters. The summed E-state index contributed by atoms with van der Waals surface area (Å²) in [5.41, 5.74) is 2.09. The zero-order valence-corrected chi connectivity index (χ0v) is 18.9. The first-order valence-electron chi connectivity index (χ1n) is 10.2. The molecule has 32 heavy (non-hydrogen) atoms. The summed E-state index contributed by atoms with van der Waals surface area (Å²) in [4.78, 5) is 27.2. The van der Waals surface area contributed by atoms with Gasteiger partial charge in [-0.05, 0) is 59.8 Å². The SMILES string of the molecule is O=C(NCc1cccc(N2CCCC2=O)c1)c1ccc(S(=O)(=O)NCc2cccs2)cc1. The molecule has 0 saturated carbocycles. The second-order valence-corrected chi connectivity index (χ2v) is 10.2. The van der Waals surface area contributed by atoms with Crippen molar-refractivity contribution in [1.82, 2.24) is 10.0 Å². The average Bonchev–Trinajstić information content (AvgIpc) is 3.48. The van der Waals surface area contributed by atoms with Gasteiger partial charge in [-0.25, -0.2) is 13.1 Å². The molecule has 2 heterocycles. The lowest BCUT2D eigenvalue weighted by Crippen LogP contribution is -2.25. The minimum atomic E-state index is -3.66. The van der Waals surface area contributed by atoms with E-state index in [4.69, 9.17) is 0 Å². The van der Waals surface area contributed by atoms with Crippen LogP contribution in [0.3, 0.4) is 0 Å². The van der Waals surface area contributed by atoms with Crippen LogP contribution in [0.5, 0.6) is 0 Å². The molecule has 9 heteroatoms. The molecule has 3 aromatic rings. The number of nitrogens with one attached hydrogen (secondary N) is 2. The van der Waals surface area contributed by atoms with Crippen LogP contribution in [0.4, 0.5) is 5.69 Å². The molecular weight excluding hydrogens is 446 g/mol. The summed E-state index contributed by atoms with van der Waals surface area (Å²) < 4.78 is 27.5. The smallest absolute Gasteiger partial charge is 0.251 e. The maximum atomic E-state index is 12.5. The second-order valence-electron chi connectivity index (χ2n) is 7.43. The van der Waals surface area contributed by atoms with Crippen LogP contribution >= 0.6 is 11.3 Å². The Morgan fingerprint density at radius 1 is 1.03 bits per heavy atom. The van der Waals surface area contributed by atoms with Crippen molar-refractivity contribution in [1.29, 1.82) is 0 Å². The van der Waals surface area contributed by atoms with Gasteiger partial charge in [-0.3, -0.25) is 9.59 Å². The molecule has 7 nitrogen and oxygen atoms in total. The fraction of sp³-hybridized carbons (Fsp3) is 0.217. The highest BCUT2D eigenvalue weighted by Crippen LogP contribution is 2.22. The Balaban J connectivity index is 1.35. The van der Waals surface area contributed by atoms with E-state index in [0.29, 0.717) is 25.1 Å². The van der Waals surface area contributed by atoms with Gasteiger partial charge >= 0.3 is 0 Å². The van der Waals surface area contributed by atoms with Gasteiger partial charge in [0.25, 0.3) is 5.91 Å². The van der Waals surface area contributed by atoms with Gasteiger partial charge < -0.3 is 10.2 Å². The van der Waals surface area contributed by atoms with Crippen molar-refractivity contribution in [2.75, 3.05) is 11.4 Å². The fourth-order valence-electron chi connectivity index (χ4n) is 3.49. The van der Waals surface area contributed by atoms with E-state index in [-0.39, 0.29) is 23.3 Å². The van der Waals surface area contributed by atoms with Gasteiger partial charge in [-0.15, -0.1) is 11.3 Å². The van der Waals surface area contributed by atoms with Crippen molar-refractivity contribution in [2.24, 2.45) is 0 Å². The second kappa shape index (κ2) is 9.64. The molecule has 0 atom stereocenters. The molecule has 166 valence electrons. The van der Waals surface area contributed by atoms with Gasteiger partial charge in [0.1, 0.15) is 0 Å². The number of rotatable bonds is 8. The summed E-state index contributed by atoms with van der Waals surface area (Å²) in [6, 6.07) is 17.1. The highest BCUT2D eigenvalue weighted by Gasteiger charge is 2.21. The number of benzene rings is 2. The summed E-state index contributed by atoms with van der Waals surface area (Å²) in [7, 11) is -3.66. The maximum absolute atomic E-state index is 12.5. The fourth-order valence-corrected chi connectivity index (χ4v) is 5.23. The normalized spacial score (nSPS) is 14.0. The summed E-state index contributed by atoms with van der Waals surface area (Å²) in [5, 5.41) is 4.73. The summed E-state index contributed by atoms with van der Waals surface area (Å²) in [5.74, 6) is -0.186. The van der Waals surface area contributed by atoms with Crippen LogP contribution in [-0.2, 0) is 27.9 Å². The Morgan fingerprint density at radius 2 is 1.84 bits per heavy atom. The van der Waals surface area contributed by atoms with Gasteiger partial charge in [0.2, 0.25) is 15.9 Å². The first-order valence-corrected chi connectivity index (χ1v) is 12.6. The first kappa shape index (κ1) is 22.2. The molecule has 1 saturated heterocycles. The van der Waals surface area contributed by atoms with E-state index in [1.807, 2.05) is 41.8 Å². The third-order valence-corrected chi connectivity index (χ3v) is 7.49. The predicted molar refractivity (Wildman–Crippen MR) is 124 cm³/mol. The van der Waals surface area contributed by atoms with Crippen LogP contribution in [0.25, 0.3) is 0 Å². The number of amides is 2. The first-order chi connectivity index (χ1) is 15.4. The van der Waals surface area contributed by atoms with E-state index in [1.165, 1.54) is 35.6 Å². The maximum Gasteiger partial charge on any atom is 0.251 e. The quantitative estimate of drug-likeness (QED) is 0.529. The van der Waals surface area contributed by atoms with E-state index in [1.54, 1.807) is 4.90 Å².